The number of carbonyl (C=O) groups excluding carboxylic acids is 2. The highest BCUT2D eigenvalue weighted by Crippen LogP contribution is 2.31. The largest absolute Gasteiger partial charge is 0.508 e. The van der Waals surface area contributed by atoms with E-state index in [1.54, 1.807) is 0 Å². The van der Waals surface area contributed by atoms with Crippen LogP contribution in [0.1, 0.15) is 19.6 Å². The first-order valence-corrected chi connectivity index (χ1v) is 7.65. The first-order chi connectivity index (χ1) is 11.3. The summed E-state index contributed by atoms with van der Waals surface area (Å²) in [5.41, 5.74) is -1.32. The summed E-state index contributed by atoms with van der Waals surface area (Å²) in [4.78, 5) is 47.8. The number of aromatic nitrogens is 2. The molecule has 132 valence electrons. The number of ether oxygens (including phenoxy) is 4. The van der Waals surface area contributed by atoms with Crippen LogP contribution in [0.3, 0.4) is 0 Å². The minimum atomic E-state index is -0.971. The molecular weight excluding hydrogens is 392 g/mol. The fraction of sp³-hybridized carbons (Fsp3) is 0.538. The molecule has 0 spiro atoms. The van der Waals surface area contributed by atoms with E-state index < -0.39 is 41.8 Å². The minimum Gasteiger partial charge on any atom is -0.458 e. The number of rotatable bonds is 4. The van der Waals surface area contributed by atoms with Crippen molar-refractivity contribution in [1.29, 1.82) is 0 Å². The lowest BCUT2D eigenvalue weighted by Gasteiger charge is -2.20. The molecule has 2 rings (SSSR count). The van der Waals surface area contributed by atoms with E-state index >= 15 is 0 Å². The number of hydrogen-bond acceptors (Lipinski definition) is 8. The lowest BCUT2D eigenvalue weighted by Crippen LogP contribution is -2.36. The summed E-state index contributed by atoms with van der Waals surface area (Å²) in [6, 6.07) is 0. The Kier molecular flexibility index (Phi) is 5.78. The molecule has 0 bridgehead atoms. The first kappa shape index (κ1) is 18.2. The number of aromatic amines is 1. The standard InChI is InChI=1S/C13H15BrN2O8/c1-6(17)23-9-3-7(5-22-13(20)21-2)24-11(9)16-4-8(14)10(18)15-12(16)19/h4,7,9,11H,3,5H2,1-2H3,(H,15,18,19)/t7-,9+,11+/m0/s1. The van der Waals surface area contributed by atoms with Crippen LogP contribution >= 0.6 is 15.9 Å². The number of esters is 1. The van der Waals surface area contributed by atoms with Gasteiger partial charge in [0.05, 0.1) is 17.7 Å². The van der Waals surface area contributed by atoms with Crippen LogP contribution in [0.2, 0.25) is 0 Å². The average Bonchev–Trinajstić information content (AvgIpc) is 2.90. The van der Waals surface area contributed by atoms with Crippen LogP contribution in [0.15, 0.2) is 20.3 Å². The third-order valence-electron chi connectivity index (χ3n) is 3.21. The van der Waals surface area contributed by atoms with Crippen molar-refractivity contribution in [2.24, 2.45) is 0 Å². The van der Waals surface area contributed by atoms with Gasteiger partial charge in [-0.2, -0.15) is 0 Å². The second-order valence-corrected chi connectivity index (χ2v) is 5.80. The zero-order valence-corrected chi connectivity index (χ0v) is 14.4. The molecule has 24 heavy (non-hydrogen) atoms. The van der Waals surface area contributed by atoms with E-state index in [1.807, 2.05) is 0 Å². The van der Waals surface area contributed by atoms with Gasteiger partial charge in [0.2, 0.25) is 0 Å². The van der Waals surface area contributed by atoms with Crippen LogP contribution in [0.5, 0.6) is 0 Å². The molecular formula is C13H15BrN2O8. The van der Waals surface area contributed by atoms with Crippen LogP contribution in [0.4, 0.5) is 4.79 Å². The molecule has 0 amide bonds. The lowest BCUT2D eigenvalue weighted by molar-refractivity contribution is -0.152. The number of halogens is 1. The molecule has 1 saturated heterocycles. The summed E-state index contributed by atoms with van der Waals surface area (Å²) in [7, 11) is 1.17. The van der Waals surface area contributed by atoms with E-state index in [1.165, 1.54) is 20.2 Å². The number of H-pyrrole nitrogens is 1. The van der Waals surface area contributed by atoms with Gasteiger partial charge in [0.1, 0.15) is 12.7 Å². The molecule has 11 heteroatoms. The summed E-state index contributed by atoms with van der Waals surface area (Å²) < 4.78 is 21.2. The van der Waals surface area contributed by atoms with Crippen molar-refractivity contribution in [3.63, 3.8) is 0 Å². The molecule has 1 fully saturated rings. The quantitative estimate of drug-likeness (QED) is 0.707. The van der Waals surface area contributed by atoms with Crippen molar-refractivity contribution in [2.45, 2.75) is 31.8 Å². The van der Waals surface area contributed by atoms with Crippen LogP contribution in [0.25, 0.3) is 0 Å². The van der Waals surface area contributed by atoms with Gasteiger partial charge in [-0.15, -0.1) is 0 Å². The van der Waals surface area contributed by atoms with Gasteiger partial charge in [-0.3, -0.25) is 19.1 Å². The highest BCUT2D eigenvalue weighted by molar-refractivity contribution is 9.10. The van der Waals surface area contributed by atoms with Crippen LogP contribution < -0.4 is 11.2 Å². The molecule has 1 aliphatic heterocycles. The Bertz CT molecular complexity index is 742. The number of nitrogens with one attached hydrogen (secondary N) is 1. The van der Waals surface area contributed by atoms with Crippen molar-refractivity contribution in [1.82, 2.24) is 9.55 Å². The second kappa shape index (κ2) is 7.62. The van der Waals surface area contributed by atoms with Crippen LogP contribution in [-0.2, 0) is 23.7 Å². The zero-order chi connectivity index (χ0) is 17.9. The SMILES string of the molecule is COC(=O)OC[C@@H]1C[C@@H](OC(C)=O)[C@H](n2cc(Br)c(=O)[nH]c2=O)O1. The van der Waals surface area contributed by atoms with Gasteiger partial charge in [-0.05, 0) is 15.9 Å². The lowest BCUT2D eigenvalue weighted by atomic mass is 10.2. The van der Waals surface area contributed by atoms with Crippen molar-refractivity contribution in [3.8, 4) is 0 Å². The Hall–Kier alpha value is -2.14. The maximum absolute atomic E-state index is 12.0. The highest BCUT2D eigenvalue weighted by atomic mass is 79.9. The maximum atomic E-state index is 12.0. The Morgan fingerprint density at radius 1 is 1.46 bits per heavy atom. The van der Waals surface area contributed by atoms with Crippen molar-refractivity contribution in [2.75, 3.05) is 13.7 Å². The third kappa shape index (κ3) is 4.23. The number of hydrogen-bond donors (Lipinski definition) is 1. The minimum absolute atomic E-state index is 0.113. The van der Waals surface area contributed by atoms with E-state index in [-0.39, 0.29) is 17.5 Å². The average molecular weight is 407 g/mol. The molecule has 1 N–H and O–H groups in total. The third-order valence-corrected chi connectivity index (χ3v) is 3.78. The van der Waals surface area contributed by atoms with E-state index in [0.29, 0.717) is 0 Å². The fourth-order valence-electron chi connectivity index (χ4n) is 2.26. The summed E-state index contributed by atoms with van der Waals surface area (Å²) in [5.74, 6) is -0.556. The molecule has 3 atom stereocenters. The summed E-state index contributed by atoms with van der Waals surface area (Å²) >= 11 is 3.02. The van der Waals surface area contributed by atoms with Gasteiger partial charge in [-0.25, -0.2) is 9.59 Å². The second-order valence-electron chi connectivity index (χ2n) is 4.94. The molecule has 0 saturated carbocycles. The highest BCUT2D eigenvalue weighted by Gasteiger charge is 2.40. The van der Waals surface area contributed by atoms with Gasteiger partial charge < -0.3 is 18.9 Å². The Morgan fingerprint density at radius 3 is 2.79 bits per heavy atom. The van der Waals surface area contributed by atoms with Gasteiger partial charge in [0.25, 0.3) is 5.56 Å². The monoisotopic (exact) mass is 406 g/mol. The van der Waals surface area contributed by atoms with Gasteiger partial charge in [-0.1, -0.05) is 0 Å². The molecule has 1 aliphatic rings. The molecule has 1 aromatic heterocycles. The van der Waals surface area contributed by atoms with E-state index in [9.17, 15) is 19.2 Å². The summed E-state index contributed by atoms with van der Waals surface area (Å²) in [5, 5.41) is 0. The molecule has 0 aromatic carbocycles. The number of methoxy groups -OCH3 is 1. The van der Waals surface area contributed by atoms with Gasteiger partial charge >= 0.3 is 17.8 Å². The topological polar surface area (TPSA) is 126 Å². The van der Waals surface area contributed by atoms with E-state index in [0.717, 1.165) is 4.57 Å². The first-order valence-electron chi connectivity index (χ1n) is 6.86. The molecule has 0 aliphatic carbocycles. The Labute approximate surface area is 143 Å². The van der Waals surface area contributed by atoms with E-state index in [2.05, 4.69) is 25.7 Å². The number of carbonyl (C=O) groups is 2. The molecule has 0 radical (unpaired) electrons. The molecule has 10 nitrogen and oxygen atoms in total. The molecule has 2 heterocycles. The predicted molar refractivity (Wildman–Crippen MR) is 81.5 cm³/mol. The predicted octanol–water partition coefficient (Wildman–Crippen LogP) is 0.301. The Morgan fingerprint density at radius 2 is 2.17 bits per heavy atom. The Balaban J connectivity index is 2.23. The van der Waals surface area contributed by atoms with Crippen LogP contribution in [-0.4, -0.2) is 47.6 Å². The smallest absolute Gasteiger partial charge is 0.458 e. The molecule has 1 aromatic rings. The van der Waals surface area contributed by atoms with Crippen molar-refractivity contribution in [3.05, 3.63) is 31.5 Å². The van der Waals surface area contributed by atoms with Crippen molar-refractivity contribution < 1.29 is 28.5 Å². The van der Waals surface area contributed by atoms with Crippen LogP contribution in [0, 0.1) is 0 Å². The van der Waals surface area contributed by atoms with Gasteiger partial charge in [0, 0.05) is 19.5 Å². The normalized spacial score (nSPS) is 22.9. The number of nitrogens with zero attached hydrogens (tertiary/aromatic N) is 1. The maximum Gasteiger partial charge on any atom is 0.508 e. The van der Waals surface area contributed by atoms with Gasteiger partial charge in [0.15, 0.2) is 6.23 Å². The van der Waals surface area contributed by atoms with Crippen molar-refractivity contribution >= 4 is 28.1 Å². The summed E-state index contributed by atoms with van der Waals surface area (Å²) in [6.07, 6.45) is -1.81. The fourth-order valence-corrected chi connectivity index (χ4v) is 2.58. The summed E-state index contributed by atoms with van der Waals surface area (Å²) in [6.45, 7) is 1.08. The zero-order valence-electron chi connectivity index (χ0n) is 12.8. The molecule has 0 unspecified atom stereocenters. The van der Waals surface area contributed by atoms with E-state index in [4.69, 9.17) is 14.2 Å².